The Bertz CT molecular complexity index is 945. The number of rotatable bonds is 32. The van der Waals surface area contributed by atoms with Gasteiger partial charge in [-0.2, -0.15) is 0 Å². The largest absolute Gasteiger partial charge is 0.457 e. The van der Waals surface area contributed by atoms with E-state index in [9.17, 15) is 9.90 Å². The van der Waals surface area contributed by atoms with E-state index in [1.165, 1.54) is 25.7 Å². The Morgan fingerprint density at radius 2 is 0.894 bits per heavy atom. The Labute approximate surface area is 289 Å². The zero-order valence-electron chi connectivity index (χ0n) is 30.0. The maximum Gasteiger partial charge on any atom is 0.306 e. The molecule has 0 fully saturated rings. The van der Waals surface area contributed by atoms with Gasteiger partial charge in [0.15, 0.2) is 0 Å². The monoisotopic (exact) mass is 649 g/mol. The number of aliphatic hydroxyl groups is 1. The lowest BCUT2D eigenvalue weighted by Gasteiger charge is -2.15. The molecule has 0 saturated heterocycles. The summed E-state index contributed by atoms with van der Waals surface area (Å²) in [4.78, 5) is 12.1. The summed E-state index contributed by atoms with van der Waals surface area (Å²) in [6.45, 7) is 4.98. The zero-order valence-corrected chi connectivity index (χ0v) is 30.0. The van der Waals surface area contributed by atoms with Gasteiger partial charge < -0.3 is 14.6 Å². The molecule has 0 spiro atoms. The molecule has 1 atom stereocenters. The minimum Gasteiger partial charge on any atom is -0.457 e. The fourth-order valence-corrected chi connectivity index (χ4v) is 4.42. The van der Waals surface area contributed by atoms with Crippen LogP contribution in [0.4, 0.5) is 0 Å². The van der Waals surface area contributed by atoms with Gasteiger partial charge in [0.2, 0.25) is 0 Å². The number of ether oxygens (including phenoxy) is 2. The highest BCUT2D eigenvalue weighted by atomic mass is 16.6. The van der Waals surface area contributed by atoms with Crippen molar-refractivity contribution in [2.45, 2.75) is 136 Å². The van der Waals surface area contributed by atoms with Crippen LogP contribution in [0.5, 0.6) is 0 Å². The zero-order chi connectivity index (χ0) is 34.1. The van der Waals surface area contributed by atoms with Crippen molar-refractivity contribution in [3.05, 3.63) is 109 Å². The van der Waals surface area contributed by atoms with Gasteiger partial charge in [-0.15, -0.1) is 0 Å². The van der Waals surface area contributed by atoms with E-state index in [2.05, 4.69) is 117 Å². The average molecular weight is 649 g/mol. The molecule has 0 rings (SSSR count). The van der Waals surface area contributed by atoms with Gasteiger partial charge >= 0.3 is 5.97 Å². The summed E-state index contributed by atoms with van der Waals surface area (Å²) in [5.41, 5.74) is 0. The first-order valence-electron chi connectivity index (χ1n) is 18.5. The molecule has 0 aromatic rings. The number of hydrogen-bond donors (Lipinski definition) is 1. The molecule has 1 unspecified atom stereocenters. The van der Waals surface area contributed by atoms with Crippen LogP contribution in [0.25, 0.3) is 0 Å². The van der Waals surface area contributed by atoms with Crippen LogP contribution in [0.3, 0.4) is 0 Å². The molecule has 0 aliphatic heterocycles. The second kappa shape index (κ2) is 39.2. The quantitative estimate of drug-likeness (QED) is 0.0448. The fourth-order valence-electron chi connectivity index (χ4n) is 4.42. The number of aliphatic hydroxyl groups excluding tert-OH is 1. The summed E-state index contributed by atoms with van der Waals surface area (Å²) in [7, 11) is 0. The third-order valence-corrected chi connectivity index (χ3v) is 7.11. The van der Waals surface area contributed by atoms with Gasteiger partial charge in [-0.1, -0.05) is 149 Å². The van der Waals surface area contributed by atoms with Crippen LogP contribution in [0.2, 0.25) is 0 Å². The van der Waals surface area contributed by atoms with Gasteiger partial charge in [-0.05, 0) is 83.5 Å². The Morgan fingerprint density at radius 1 is 0.511 bits per heavy atom. The first kappa shape index (κ1) is 44.1. The SMILES string of the molecule is CC/C=C\C/C=C\C/C=C\C/C=C\C/C=C\C/C=C\CCC(=O)OC(CO)COCCCCCCCC/C=C\C/C=C\C/C=C\CC. The van der Waals surface area contributed by atoms with E-state index in [1.54, 1.807) is 0 Å². The molecular formula is C43H68O4. The van der Waals surface area contributed by atoms with Gasteiger partial charge in [0, 0.05) is 13.0 Å². The van der Waals surface area contributed by atoms with Gasteiger partial charge in [0.1, 0.15) is 6.10 Å². The molecule has 0 aromatic carbocycles. The van der Waals surface area contributed by atoms with Crippen LogP contribution in [0, 0.1) is 0 Å². The maximum absolute atomic E-state index is 12.1. The van der Waals surface area contributed by atoms with E-state index in [0.29, 0.717) is 19.4 Å². The van der Waals surface area contributed by atoms with Crippen molar-refractivity contribution >= 4 is 5.97 Å². The number of esters is 1. The lowest BCUT2D eigenvalue weighted by molar-refractivity contribution is -0.154. The third kappa shape index (κ3) is 37.4. The van der Waals surface area contributed by atoms with Crippen molar-refractivity contribution in [2.24, 2.45) is 0 Å². The lowest BCUT2D eigenvalue weighted by Crippen LogP contribution is -2.27. The van der Waals surface area contributed by atoms with E-state index in [4.69, 9.17) is 9.47 Å². The number of hydrogen-bond acceptors (Lipinski definition) is 4. The summed E-state index contributed by atoms with van der Waals surface area (Å²) < 4.78 is 11.0. The van der Waals surface area contributed by atoms with E-state index < -0.39 is 6.10 Å². The molecular weight excluding hydrogens is 580 g/mol. The van der Waals surface area contributed by atoms with Gasteiger partial charge in [-0.25, -0.2) is 0 Å². The number of unbranched alkanes of at least 4 members (excludes halogenated alkanes) is 6. The predicted molar refractivity (Wildman–Crippen MR) is 204 cm³/mol. The molecule has 1 N–H and O–H groups in total. The van der Waals surface area contributed by atoms with E-state index in [-0.39, 0.29) is 19.2 Å². The Morgan fingerprint density at radius 3 is 1.34 bits per heavy atom. The van der Waals surface area contributed by atoms with Crippen molar-refractivity contribution in [3.63, 3.8) is 0 Å². The molecule has 0 heterocycles. The van der Waals surface area contributed by atoms with Crippen molar-refractivity contribution in [1.82, 2.24) is 0 Å². The predicted octanol–water partition coefficient (Wildman–Crippen LogP) is 12.0. The summed E-state index contributed by atoms with van der Waals surface area (Å²) >= 11 is 0. The molecule has 0 aromatic heterocycles. The van der Waals surface area contributed by atoms with Crippen LogP contribution in [0.15, 0.2) is 109 Å². The van der Waals surface area contributed by atoms with Crippen molar-refractivity contribution in [2.75, 3.05) is 19.8 Å². The molecule has 0 radical (unpaired) electrons. The van der Waals surface area contributed by atoms with Crippen LogP contribution < -0.4 is 0 Å². The maximum atomic E-state index is 12.1. The minimum atomic E-state index is -0.589. The van der Waals surface area contributed by atoms with Gasteiger partial charge in [0.25, 0.3) is 0 Å². The van der Waals surface area contributed by atoms with Crippen LogP contribution in [-0.2, 0) is 14.3 Å². The van der Waals surface area contributed by atoms with E-state index in [1.807, 2.05) is 6.08 Å². The van der Waals surface area contributed by atoms with Crippen LogP contribution in [-0.4, -0.2) is 37.0 Å². The summed E-state index contributed by atoms with van der Waals surface area (Å²) in [6, 6.07) is 0. The molecule has 4 nitrogen and oxygen atoms in total. The van der Waals surface area contributed by atoms with Gasteiger partial charge in [-0.3, -0.25) is 4.79 Å². The molecule has 0 bridgehead atoms. The smallest absolute Gasteiger partial charge is 0.306 e. The normalized spacial score (nSPS) is 13.7. The number of carbonyl (C=O) groups excluding carboxylic acids is 1. The molecule has 264 valence electrons. The summed E-state index contributed by atoms with van der Waals surface area (Å²) in [6.07, 6.45) is 57.1. The van der Waals surface area contributed by atoms with Crippen LogP contribution >= 0.6 is 0 Å². The number of allylic oxidation sites excluding steroid dienone is 18. The first-order chi connectivity index (χ1) is 23.2. The Hall–Kier alpha value is -2.95. The minimum absolute atomic E-state index is 0.216. The summed E-state index contributed by atoms with van der Waals surface area (Å²) in [5.74, 6) is -0.293. The molecule has 0 saturated carbocycles. The molecule has 4 heteroatoms. The van der Waals surface area contributed by atoms with Crippen molar-refractivity contribution in [3.8, 4) is 0 Å². The van der Waals surface area contributed by atoms with E-state index in [0.717, 1.165) is 77.0 Å². The second-order valence-corrected chi connectivity index (χ2v) is 11.5. The molecule has 47 heavy (non-hydrogen) atoms. The highest BCUT2D eigenvalue weighted by Crippen LogP contribution is 2.09. The lowest BCUT2D eigenvalue weighted by atomic mass is 10.1. The van der Waals surface area contributed by atoms with Crippen molar-refractivity contribution < 1.29 is 19.4 Å². The van der Waals surface area contributed by atoms with Crippen molar-refractivity contribution in [1.29, 1.82) is 0 Å². The topological polar surface area (TPSA) is 55.8 Å². The Kier molecular flexibility index (Phi) is 36.8. The average Bonchev–Trinajstić information content (AvgIpc) is 3.08. The Balaban J connectivity index is 3.67. The fraction of sp³-hybridized carbons (Fsp3) is 0.558. The molecule has 0 aliphatic carbocycles. The number of carbonyl (C=O) groups is 1. The third-order valence-electron chi connectivity index (χ3n) is 7.11. The van der Waals surface area contributed by atoms with Gasteiger partial charge in [0.05, 0.1) is 13.2 Å². The molecule has 0 amide bonds. The standard InChI is InChI=1S/C43H68O4/c1-3-5-7-9-11-13-15-17-19-21-22-23-24-26-28-30-32-34-36-38-43(45)47-42(40-44)41-46-39-37-35-33-31-29-27-25-20-18-16-14-12-10-8-6-4-2/h5-8,11-14,17-20,22-23,26,28,32,34,42,44H,3-4,9-10,15-16,21,24-25,27,29-31,33,35-41H2,1-2H3/b7-5-,8-6-,13-11-,14-12-,19-17-,20-18-,23-22-,28-26-,34-32-. The first-order valence-corrected chi connectivity index (χ1v) is 18.5. The highest BCUT2D eigenvalue weighted by molar-refractivity contribution is 5.69. The van der Waals surface area contributed by atoms with Crippen LogP contribution in [0.1, 0.15) is 129 Å². The molecule has 0 aliphatic rings. The summed E-state index contributed by atoms with van der Waals surface area (Å²) in [5, 5.41) is 9.55. The second-order valence-electron chi connectivity index (χ2n) is 11.5. The highest BCUT2D eigenvalue weighted by Gasteiger charge is 2.13. The van der Waals surface area contributed by atoms with E-state index >= 15 is 0 Å².